The van der Waals surface area contributed by atoms with Gasteiger partial charge in [-0.15, -0.1) is 0 Å². The standard InChI is InChI=1S/C11H17NO/c1-9(12(2,3)4)10-5-7-11(13)8-6-10/h5-9H,1-4H3/p+1. The molecule has 0 spiro atoms. The van der Waals surface area contributed by atoms with Crippen molar-refractivity contribution in [1.29, 1.82) is 0 Å². The molecule has 72 valence electrons. The number of phenols is 1. The molecular weight excluding hydrogens is 162 g/mol. The first-order valence-corrected chi connectivity index (χ1v) is 4.51. The highest BCUT2D eigenvalue weighted by Crippen LogP contribution is 2.23. The van der Waals surface area contributed by atoms with Gasteiger partial charge in [-0.25, -0.2) is 0 Å². The zero-order valence-corrected chi connectivity index (χ0v) is 8.78. The molecule has 0 saturated carbocycles. The third-order valence-electron chi connectivity index (χ3n) is 2.54. The summed E-state index contributed by atoms with van der Waals surface area (Å²) in [7, 11) is 6.49. The molecule has 0 fully saturated rings. The molecule has 1 rings (SSSR count). The molecule has 0 saturated heterocycles. The highest BCUT2D eigenvalue weighted by atomic mass is 16.3. The molecule has 13 heavy (non-hydrogen) atoms. The molecule has 1 atom stereocenters. The summed E-state index contributed by atoms with van der Waals surface area (Å²) < 4.78 is 0.894. The van der Waals surface area contributed by atoms with Crippen molar-refractivity contribution in [3.63, 3.8) is 0 Å². The number of hydrogen-bond donors (Lipinski definition) is 1. The summed E-state index contributed by atoms with van der Waals surface area (Å²) in [4.78, 5) is 0. The second-order valence-electron chi connectivity index (χ2n) is 4.38. The van der Waals surface area contributed by atoms with Crippen LogP contribution in [0.2, 0.25) is 0 Å². The summed E-state index contributed by atoms with van der Waals surface area (Å²) in [6, 6.07) is 7.87. The third kappa shape index (κ3) is 2.46. The number of rotatable bonds is 2. The number of aromatic hydroxyl groups is 1. The van der Waals surface area contributed by atoms with E-state index in [2.05, 4.69) is 28.1 Å². The Morgan fingerprint density at radius 3 is 1.92 bits per heavy atom. The van der Waals surface area contributed by atoms with E-state index in [1.165, 1.54) is 5.56 Å². The zero-order chi connectivity index (χ0) is 10.1. The third-order valence-corrected chi connectivity index (χ3v) is 2.54. The van der Waals surface area contributed by atoms with Gasteiger partial charge in [0.25, 0.3) is 0 Å². The summed E-state index contributed by atoms with van der Waals surface area (Å²) in [5.74, 6) is 0.331. The van der Waals surface area contributed by atoms with E-state index in [9.17, 15) is 0 Å². The number of quaternary nitrogens is 1. The summed E-state index contributed by atoms with van der Waals surface area (Å²) in [5, 5.41) is 9.14. The summed E-state index contributed by atoms with van der Waals surface area (Å²) in [6.07, 6.45) is 0. The van der Waals surface area contributed by atoms with Crippen LogP contribution in [-0.4, -0.2) is 30.7 Å². The van der Waals surface area contributed by atoms with Crippen LogP contribution in [-0.2, 0) is 0 Å². The van der Waals surface area contributed by atoms with Crippen LogP contribution >= 0.6 is 0 Å². The molecule has 0 aliphatic rings. The average Bonchev–Trinajstić information content (AvgIpc) is 2.03. The van der Waals surface area contributed by atoms with Gasteiger partial charge in [-0.3, -0.25) is 0 Å². The van der Waals surface area contributed by atoms with E-state index < -0.39 is 0 Å². The van der Waals surface area contributed by atoms with Gasteiger partial charge in [0.15, 0.2) is 0 Å². The van der Waals surface area contributed by atoms with Crippen LogP contribution in [0, 0.1) is 0 Å². The van der Waals surface area contributed by atoms with Gasteiger partial charge in [-0.05, 0) is 31.2 Å². The van der Waals surface area contributed by atoms with E-state index in [-0.39, 0.29) is 0 Å². The number of nitrogens with zero attached hydrogens (tertiary/aromatic N) is 1. The normalized spacial score (nSPS) is 14.2. The lowest BCUT2D eigenvalue weighted by Crippen LogP contribution is -2.37. The fourth-order valence-electron chi connectivity index (χ4n) is 1.20. The molecule has 0 heterocycles. The van der Waals surface area contributed by atoms with Crippen molar-refractivity contribution in [2.24, 2.45) is 0 Å². The molecule has 1 aromatic rings. The Morgan fingerprint density at radius 1 is 1.08 bits per heavy atom. The zero-order valence-electron chi connectivity index (χ0n) is 8.78. The second-order valence-corrected chi connectivity index (χ2v) is 4.38. The van der Waals surface area contributed by atoms with Crippen molar-refractivity contribution < 1.29 is 9.59 Å². The average molecular weight is 180 g/mol. The van der Waals surface area contributed by atoms with Crippen LogP contribution in [0.4, 0.5) is 0 Å². The number of benzene rings is 1. The summed E-state index contributed by atoms with van der Waals surface area (Å²) in [6.45, 7) is 2.19. The van der Waals surface area contributed by atoms with Crippen molar-refractivity contribution in [3.8, 4) is 5.75 Å². The minimum Gasteiger partial charge on any atom is -0.508 e. The first kappa shape index (κ1) is 10.1. The molecule has 0 radical (unpaired) electrons. The topological polar surface area (TPSA) is 20.2 Å². The Bertz CT molecular complexity index is 271. The fraction of sp³-hybridized carbons (Fsp3) is 0.455. The lowest BCUT2D eigenvalue weighted by Gasteiger charge is -2.31. The molecule has 0 aliphatic heterocycles. The Hall–Kier alpha value is -1.02. The lowest BCUT2D eigenvalue weighted by molar-refractivity contribution is -0.900. The van der Waals surface area contributed by atoms with Crippen molar-refractivity contribution in [3.05, 3.63) is 29.8 Å². The van der Waals surface area contributed by atoms with E-state index in [0.717, 1.165) is 4.48 Å². The summed E-state index contributed by atoms with van der Waals surface area (Å²) in [5.41, 5.74) is 1.25. The van der Waals surface area contributed by atoms with Crippen LogP contribution < -0.4 is 0 Å². The molecule has 1 unspecified atom stereocenters. The van der Waals surface area contributed by atoms with Gasteiger partial charge in [0.1, 0.15) is 11.8 Å². The van der Waals surface area contributed by atoms with Gasteiger partial charge in [-0.1, -0.05) is 0 Å². The van der Waals surface area contributed by atoms with Crippen LogP contribution in [0.1, 0.15) is 18.5 Å². The molecule has 2 nitrogen and oxygen atoms in total. The predicted octanol–water partition coefficient (Wildman–Crippen LogP) is 2.16. The van der Waals surface area contributed by atoms with E-state index in [1.807, 2.05) is 12.1 Å². The fourth-order valence-corrected chi connectivity index (χ4v) is 1.20. The quantitative estimate of drug-likeness (QED) is 0.691. The second kappa shape index (κ2) is 3.38. The van der Waals surface area contributed by atoms with Gasteiger partial charge in [0, 0.05) is 5.56 Å². The highest BCUT2D eigenvalue weighted by Gasteiger charge is 2.19. The Balaban J connectivity index is 2.90. The van der Waals surface area contributed by atoms with Crippen LogP contribution in [0.5, 0.6) is 5.75 Å². The van der Waals surface area contributed by atoms with Crippen molar-refractivity contribution in [2.75, 3.05) is 21.1 Å². The van der Waals surface area contributed by atoms with Gasteiger partial charge in [0.2, 0.25) is 0 Å². The highest BCUT2D eigenvalue weighted by molar-refractivity contribution is 5.26. The molecule has 0 aliphatic carbocycles. The van der Waals surface area contributed by atoms with E-state index >= 15 is 0 Å². The molecular formula is C11H18NO+. The number of phenolic OH excluding ortho intramolecular Hbond substituents is 1. The van der Waals surface area contributed by atoms with Gasteiger partial charge >= 0.3 is 0 Å². The molecule has 0 amide bonds. The van der Waals surface area contributed by atoms with Crippen LogP contribution in [0.3, 0.4) is 0 Å². The van der Waals surface area contributed by atoms with Gasteiger partial charge in [0.05, 0.1) is 21.1 Å². The van der Waals surface area contributed by atoms with Crippen molar-refractivity contribution in [2.45, 2.75) is 13.0 Å². The number of hydrogen-bond acceptors (Lipinski definition) is 1. The molecule has 1 aromatic carbocycles. The molecule has 2 heteroatoms. The monoisotopic (exact) mass is 180 g/mol. The first-order valence-electron chi connectivity index (χ1n) is 4.51. The van der Waals surface area contributed by atoms with Gasteiger partial charge in [-0.2, -0.15) is 0 Å². The van der Waals surface area contributed by atoms with Crippen molar-refractivity contribution in [1.82, 2.24) is 0 Å². The minimum absolute atomic E-state index is 0.331. The predicted molar refractivity (Wildman–Crippen MR) is 54.6 cm³/mol. The maximum Gasteiger partial charge on any atom is 0.115 e. The molecule has 0 aromatic heterocycles. The smallest absolute Gasteiger partial charge is 0.115 e. The SMILES string of the molecule is CC(c1ccc(O)cc1)[N+](C)(C)C. The van der Waals surface area contributed by atoms with E-state index in [1.54, 1.807) is 12.1 Å². The van der Waals surface area contributed by atoms with Crippen LogP contribution in [0.15, 0.2) is 24.3 Å². The van der Waals surface area contributed by atoms with E-state index in [4.69, 9.17) is 5.11 Å². The maximum atomic E-state index is 9.14. The lowest BCUT2D eigenvalue weighted by atomic mass is 10.1. The Kier molecular flexibility index (Phi) is 2.62. The molecule has 1 N–H and O–H groups in total. The first-order chi connectivity index (χ1) is 5.91. The van der Waals surface area contributed by atoms with E-state index in [0.29, 0.717) is 11.8 Å². The van der Waals surface area contributed by atoms with Crippen LogP contribution in [0.25, 0.3) is 0 Å². The molecule has 0 bridgehead atoms. The van der Waals surface area contributed by atoms with Gasteiger partial charge < -0.3 is 9.59 Å². The Morgan fingerprint density at radius 2 is 1.54 bits per heavy atom. The summed E-state index contributed by atoms with van der Waals surface area (Å²) >= 11 is 0. The largest absolute Gasteiger partial charge is 0.508 e. The maximum absolute atomic E-state index is 9.14. The van der Waals surface area contributed by atoms with Crippen molar-refractivity contribution >= 4 is 0 Å². The Labute approximate surface area is 80.0 Å². The minimum atomic E-state index is 0.331.